The van der Waals surface area contributed by atoms with Gasteiger partial charge in [0.05, 0.1) is 0 Å². The van der Waals surface area contributed by atoms with Crippen molar-refractivity contribution in [3.05, 3.63) is 34.9 Å². The van der Waals surface area contributed by atoms with Crippen molar-refractivity contribution in [3.63, 3.8) is 0 Å². The van der Waals surface area contributed by atoms with E-state index in [1.165, 1.54) is 55.6 Å². The summed E-state index contributed by atoms with van der Waals surface area (Å²) < 4.78 is 0. The van der Waals surface area contributed by atoms with Gasteiger partial charge in [-0.05, 0) is 49.9 Å². The average molecular weight is 287 g/mol. The molecule has 0 saturated carbocycles. The summed E-state index contributed by atoms with van der Waals surface area (Å²) in [5.74, 6) is 0. The van der Waals surface area contributed by atoms with E-state index >= 15 is 0 Å². The molecule has 116 valence electrons. The lowest BCUT2D eigenvalue weighted by Crippen LogP contribution is -2.56. The standard InChI is InChI=1S/C18H29N3/c1-14-6-5-7-15(2)18(14)17(12-19)21-11-10-20-9-4-3-8-16(20)13-21/h5-7,16-17H,3-4,8-13,19H2,1-2H3. The van der Waals surface area contributed by atoms with Crippen LogP contribution in [0.15, 0.2) is 18.2 Å². The van der Waals surface area contributed by atoms with Crippen molar-refractivity contribution in [2.45, 2.75) is 45.2 Å². The molecule has 0 amide bonds. The number of rotatable bonds is 3. The number of nitrogens with zero attached hydrogens (tertiary/aromatic N) is 2. The predicted molar refractivity (Wildman–Crippen MR) is 88.5 cm³/mol. The zero-order valence-electron chi connectivity index (χ0n) is 13.5. The van der Waals surface area contributed by atoms with E-state index in [9.17, 15) is 0 Å². The van der Waals surface area contributed by atoms with Gasteiger partial charge in [-0.25, -0.2) is 0 Å². The zero-order chi connectivity index (χ0) is 14.8. The second-order valence-electron chi connectivity index (χ2n) is 6.74. The first-order valence-electron chi connectivity index (χ1n) is 8.45. The highest BCUT2D eigenvalue weighted by Crippen LogP contribution is 2.30. The maximum Gasteiger partial charge on any atom is 0.0476 e. The third-order valence-corrected chi connectivity index (χ3v) is 5.41. The second kappa shape index (κ2) is 6.47. The zero-order valence-corrected chi connectivity index (χ0v) is 13.5. The first-order chi connectivity index (χ1) is 10.2. The van der Waals surface area contributed by atoms with Crippen LogP contribution < -0.4 is 5.73 Å². The molecule has 2 unspecified atom stereocenters. The number of hydrogen-bond acceptors (Lipinski definition) is 3. The summed E-state index contributed by atoms with van der Waals surface area (Å²) in [5, 5.41) is 0. The molecule has 3 heteroatoms. The number of nitrogens with two attached hydrogens (primary N) is 1. The van der Waals surface area contributed by atoms with Gasteiger partial charge >= 0.3 is 0 Å². The van der Waals surface area contributed by atoms with Gasteiger partial charge in [-0.3, -0.25) is 9.80 Å². The lowest BCUT2D eigenvalue weighted by molar-refractivity contribution is 0.0283. The van der Waals surface area contributed by atoms with E-state index in [0.717, 1.165) is 19.1 Å². The molecule has 0 aliphatic carbocycles. The summed E-state index contributed by atoms with van der Waals surface area (Å²) in [7, 11) is 0. The monoisotopic (exact) mass is 287 g/mol. The Labute approximate surface area is 129 Å². The number of piperazine rings is 1. The molecule has 2 heterocycles. The van der Waals surface area contributed by atoms with Crippen molar-refractivity contribution >= 4 is 0 Å². The van der Waals surface area contributed by atoms with Crippen LogP contribution in [-0.4, -0.2) is 48.6 Å². The van der Waals surface area contributed by atoms with Crippen LogP contribution in [0.2, 0.25) is 0 Å². The topological polar surface area (TPSA) is 32.5 Å². The van der Waals surface area contributed by atoms with Gasteiger partial charge in [0.15, 0.2) is 0 Å². The maximum atomic E-state index is 6.19. The van der Waals surface area contributed by atoms with Crippen LogP contribution in [0.1, 0.15) is 42.0 Å². The van der Waals surface area contributed by atoms with Crippen molar-refractivity contribution in [1.82, 2.24) is 9.80 Å². The van der Waals surface area contributed by atoms with Crippen LogP contribution in [0.4, 0.5) is 0 Å². The van der Waals surface area contributed by atoms with E-state index in [2.05, 4.69) is 41.8 Å². The third kappa shape index (κ3) is 3.01. The number of fused-ring (bicyclic) bond motifs is 1. The molecule has 2 atom stereocenters. The van der Waals surface area contributed by atoms with E-state index in [4.69, 9.17) is 5.73 Å². The molecule has 0 aromatic heterocycles. The molecular formula is C18H29N3. The van der Waals surface area contributed by atoms with Crippen molar-refractivity contribution < 1.29 is 0 Å². The Morgan fingerprint density at radius 2 is 1.90 bits per heavy atom. The van der Waals surface area contributed by atoms with Crippen molar-refractivity contribution in [2.75, 3.05) is 32.7 Å². The molecule has 0 radical (unpaired) electrons. The summed E-state index contributed by atoms with van der Waals surface area (Å²) in [4.78, 5) is 5.33. The minimum absolute atomic E-state index is 0.385. The Kier molecular flexibility index (Phi) is 4.63. The highest BCUT2D eigenvalue weighted by Gasteiger charge is 2.32. The van der Waals surface area contributed by atoms with Gasteiger partial charge in [-0.1, -0.05) is 24.6 Å². The van der Waals surface area contributed by atoms with E-state index < -0.39 is 0 Å². The molecule has 2 N–H and O–H groups in total. The van der Waals surface area contributed by atoms with Crippen LogP contribution in [0.5, 0.6) is 0 Å². The highest BCUT2D eigenvalue weighted by atomic mass is 15.3. The second-order valence-corrected chi connectivity index (χ2v) is 6.74. The fourth-order valence-corrected chi connectivity index (χ4v) is 4.27. The van der Waals surface area contributed by atoms with Gasteiger partial charge in [-0.2, -0.15) is 0 Å². The lowest BCUT2D eigenvalue weighted by atomic mass is 9.92. The molecule has 21 heavy (non-hydrogen) atoms. The molecule has 3 rings (SSSR count). The van der Waals surface area contributed by atoms with Crippen LogP contribution in [0.25, 0.3) is 0 Å². The normalized spacial score (nSPS) is 25.6. The SMILES string of the molecule is Cc1cccc(C)c1C(CN)N1CCN2CCCCC2C1. The molecule has 3 nitrogen and oxygen atoms in total. The van der Waals surface area contributed by atoms with E-state index in [1.54, 1.807) is 0 Å². The molecule has 2 saturated heterocycles. The largest absolute Gasteiger partial charge is 0.329 e. The van der Waals surface area contributed by atoms with E-state index in [1.807, 2.05) is 0 Å². The van der Waals surface area contributed by atoms with Gasteiger partial charge < -0.3 is 5.73 Å². The first kappa shape index (κ1) is 15.0. The van der Waals surface area contributed by atoms with Crippen molar-refractivity contribution in [3.8, 4) is 0 Å². The van der Waals surface area contributed by atoms with Crippen LogP contribution in [0, 0.1) is 13.8 Å². The Hall–Kier alpha value is -0.900. The quantitative estimate of drug-likeness (QED) is 0.927. The summed E-state index contributed by atoms with van der Waals surface area (Å²) in [5.41, 5.74) is 10.4. The van der Waals surface area contributed by atoms with Gasteiger partial charge in [-0.15, -0.1) is 0 Å². The lowest BCUT2D eigenvalue weighted by Gasteiger charge is -2.47. The minimum Gasteiger partial charge on any atom is -0.329 e. The van der Waals surface area contributed by atoms with Gasteiger partial charge in [0.25, 0.3) is 0 Å². The Morgan fingerprint density at radius 1 is 1.14 bits per heavy atom. The maximum absolute atomic E-state index is 6.19. The average Bonchev–Trinajstić information content (AvgIpc) is 2.50. The third-order valence-electron chi connectivity index (χ3n) is 5.41. The van der Waals surface area contributed by atoms with Gasteiger partial charge in [0, 0.05) is 38.3 Å². The summed E-state index contributed by atoms with van der Waals surface area (Å²) in [6.45, 7) is 10.0. The molecule has 1 aromatic carbocycles. The molecule has 2 aliphatic heterocycles. The van der Waals surface area contributed by atoms with Gasteiger partial charge in [0.2, 0.25) is 0 Å². The number of benzene rings is 1. The Bertz CT molecular complexity index is 465. The van der Waals surface area contributed by atoms with E-state index in [0.29, 0.717) is 6.04 Å². The number of hydrogen-bond donors (Lipinski definition) is 1. The van der Waals surface area contributed by atoms with Crippen LogP contribution >= 0.6 is 0 Å². The minimum atomic E-state index is 0.385. The fraction of sp³-hybridized carbons (Fsp3) is 0.667. The Morgan fingerprint density at radius 3 is 2.62 bits per heavy atom. The predicted octanol–water partition coefficient (Wildman–Crippen LogP) is 2.47. The molecule has 1 aromatic rings. The van der Waals surface area contributed by atoms with Crippen LogP contribution in [0.3, 0.4) is 0 Å². The van der Waals surface area contributed by atoms with Crippen molar-refractivity contribution in [1.29, 1.82) is 0 Å². The highest BCUT2D eigenvalue weighted by molar-refractivity contribution is 5.36. The Balaban J connectivity index is 1.80. The number of aryl methyl sites for hydroxylation is 2. The van der Waals surface area contributed by atoms with Crippen molar-refractivity contribution in [2.24, 2.45) is 5.73 Å². The number of piperidine rings is 1. The van der Waals surface area contributed by atoms with E-state index in [-0.39, 0.29) is 0 Å². The van der Waals surface area contributed by atoms with Gasteiger partial charge in [0.1, 0.15) is 0 Å². The van der Waals surface area contributed by atoms with Crippen LogP contribution in [-0.2, 0) is 0 Å². The molecule has 0 spiro atoms. The summed E-state index contributed by atoms with van der Waals surface area (Å²) >= 11 is 0. The summed E-state index contributed by atoms with van der Waals surface area (Å²) in [6.07, 6.45) is 4.14. The molecule has 0 bridgehead atoms. The fourth-order valence-electron chi connectivity index (χ4n) is 4.27. The molecular weight excluding hydrogens is 258 g/mol. The smallest absolute Gasteiger partial charge is 0.0476 e. The molecule has 2 aliphatic rings. The first-order valence-corrected chi connectivity index (χ1v) is 8.45. The summed E-state index contributed by atoms with van der Waals surface area (Å²) in [6, 6.07) is 7.74. The molecule has 2 fully saturated rings.